The van der Waals surface area contributed by atoms with E-state index in [1.165, 1.54) is 0 Å². The molecule has 4 amide bonds. The fourth-order valence-electron chi connectivity index (χ4n) is 3.80. The molecular weight excluding hydrogens is 350 g/mol. The number of ether oxygens (including phenoxy) is 1. The van der Waals surface area contributed by atoms with E-state index >= 15 is 0 Å². The van der Waals surface area contributed by atoms with Crippen molar-refractivity contribution in [2.75, 3.05) is 19.7 Å². The smallest absolute Gasteiger partial charge is 0.262 e. The summed E-state index contributed by atoms with van der Waals surface area (Å²) in [4.78, 5) is 49.8. The van der Waals surface area contributed by atoms with E-state index < -0.39 is 23.8 Å². The molecule has 3 aliphatic heterocycles. The maximum atomic E-state index is 12.8. The molecule has 3 aliphatic rings. The Balaban J connectivity index is 1.49. The largest absolute Gasteiger partial charge is 0.493 e. The van der Waals surface area contributed by atoms with Crippen molar-refractivity contribution >= 4 is 23.6 Å². The average molecular weight is 371 g/mol. The van der Waals surface area contributed by atoms with Crippen LogP contribution in [0.15, 0.2) is 18.2 Å². The van der Waals surface area contributed by atoms with Crippen molar-refractivity contribution in [2.45, 2.75) is 31.7 Å². The molecular formula is C19H21N3O5. The lowest BCUT2D eigenvalue weighted by Crippen LogP contribution is -2.54. The molecule has 0 aromatic heterocycles. The van der Waals surface area contributed by atoms with E-state index in [4.69, 9.17) is 4.74 Å². The predicted octanol–water partition coefficient (Wildman–Crippen LogP) is 0.466. The number of rotatable bonds is 4. The van der Waals surface area contributed by atoms with E-state index in [2.05, 4.69) is 10.6 Å². The van der Waals surface area contributed by atoms with E-state index in [1.54, 1.807) is 18.2 Å². The summed E-state index contributed by atoms with van der Waals surface area (Å²) in [6.45, 7) is 2.53. The van der Waals surface area contributed by atoms with Gasteiger partial charge >= 0.3 is 0 Å². The number of nitrogens with one attached hydrogen (secondary N) is 2. The molecule has 142 valence electrons. The molecule has 8 heteroatoms. The van der Waals surface area contributed by atoms with Crippen LogP contribution in [0.4, 0.5) is 0 Å². The Kier molecular flexibility index (Phi) is 4.65. The fraction of sp³-hybridized carbons (Fsp3) is 0.474. The Morgan fingerprint density at radius 3 is 2.48 bits per heavy atom. The molecule has 1 aromatic rings. The maximum absolute atomic E-state index is 12.8. The summed E-state index contributed by atoms with van der Waals surface area (Å²) >= 11 is 0. The molecule has 0 saturated carbocycles. The Hall–Kier alpha value is -2.74. The first kappa shape index (κ1) is 17.7. The minimum absolute atomic E-state index is 0.106. The van der Waals surface area contributed by atoms with E-state index in [9.17, 15) is 19.2 Å². The summed E-state index contributed by atoms with van der Waals surface area (Å²) in [6.07, 6.45) is 2.35. The van der Waals surface area contributed by atoms with E-state index in [0.29, 0.717) is 18.3 Å². The van der Waals surface area contributed by atoms with Gasteiger partial charge in [0.2, 0.25) is 11.8 Å². The summed E-state index contributed by atoms with van der Waals surface area (Å²) < 4.78 is 5.84. The van der Waals surface area contributed by atoms with Gasteiger partial charge < -0.3 is 10.1 Å². The highest BCUT2D eigenvalue weighted by Gasteiger charge is 2.44. The van der Waals surface area contributed by atoms with Gasteiger partial charge in [-0.1, -0.05) is 0 Å². The van der Waals surface area contributed by atoms with E-state index in [1.807, 2.05) is 0 Å². The van der Waals surface area contributed by atoms with Gasteiger partial charge in [0, 0.05) is 6.42 Å². The molecule has 0 bridgehead atoms. The number of fused-ring (bicyclic) bond motifs is 1. The summed E-state index contributed by atoms with van der Waals surface area (Å²) in [5, 5.41) is 5.49. The second-order valence-electron chi connectivity index (χ2n) is 7.16. The molecule has 4 rings (SSSR count). The molecule has 0 aliphatic carbocycles. The number of nitrogens with zero attached hydrogens (tertiary/aromatic N) is 1. The van der Waals surface area contributed by atoms with Crippen molar-refractivity contribution in [3.8, 4) is 5.75 Å². The van der Waals surface area contributed by atoms with Gasteiger partial charge in [-0.2, -0.15) is 0 Å². The molecule has 2 saturated heterocycles. The van der Waals surface area contributed by atoms with Gasteiger partial charge in [-0.05, 0) is 56.5 Å². The third kappa shape index (κ3) is 3.32. The minimum atomic E-state index is -0.950. The van der Waals surface area contributed by atoms with Crippen LogP contribution in [-0.4, -0.2) is 54.3 Å². The quantitative estimate of drug-likeness (QED) is 0.746. The number of amides is 4. The lowest BCUT2D eigenvalue weighted by atomic mass is 9.99. The molecule has 1 aromatic carbocycles. The summed E-state index contributed by atoms with van der Waals surface area (Å²) in [5.74, 6) is -1.01. The number of carbonyl (C=O) groups excluding carboxylic acids is 4. The van der Waals surface area contributed by atoms with Gasteiger partial charge in [0.15, 0.2) is 0 Å². The summed E-state index contributed by atoms with van der Waals surface area (Å²) in [5.41, 5.74) is 0.506. The maximum Gasteiger partial charge on any atom is 0.262 e. The zero-order valence-electron chi connectivity index (χ0n) is 14.8. The Labute approximate surface area is 156 Å². The third-order valence-electron chi connectivity index (χ3n) is 5.36. The van der Waals surface area contributed by atoms with Crippen LogP contribution in [0.2, 0.25) is 0 Å². The number of piperidine rings is 2. The third-order valence-corrected chi connectivity index (χ3v) is 5.36. The highest BCUT2D eigenvalue weighted by Crippen LogP contribution is 2.30. The lowest BCUT2D eigenvalue weighted by Gasteiger charge is -2.27. The SMILES string of the molecule is O=C1CCC(N2C(=O)c3ccc(OCC4CCNCC4)cc3C2=O)C(=O)N1. The van der Waals surface area contributed by atoms with Gasteiger partial charge in [-0.3, -0.25) is 29.4 Å². The Morgan fingerprint density at radius 2 is 1.74 bits per heavy atom. The van der Waals surface area contributed by atoms with Crippen LogP contribution in [0.3, 0.4) is 0 Å². The lowest BCUT2D eigenvalue weighted by molar-refractivity contribution is -0.136. The van der Waals surface area contributed by atoms with Crippen molar-refractivity contribution < 1.29 is 23.9 Å². The fourth-order valence-corrected chi connectivity index (χ4v) is 3.80. The first-order chi connectivity index (χ1) is 13.0. The second-order valence-corrected chi connectivity index (χ2v) is 7.16. The minimum Gasteiger partial charge on any atom is -0.493 e. The number of benzene rings is 1. The van der Waals surface area contributed by atoms with E-state index in [-0.39, 0.29) is 29.9 Å². The van der Waals surface area contributed by atoms with Crippen LogP contribution in [0.1, 0.15) is 46.4 Å². The zero-order valence-corrected chi connectivity index (χ0v) is 14.8. The molecule has 0 spiro atoms. The number of imide groups is 2. The van der Waals surface area contributed by atoms with Crippen molar-refractivity contribution in [1.82, 2.24) is 15.5 Å². The van der Waals surface area contributed by atoms with Gasteiger partial charge in [0.25, 0.3) is 11.8 Å². The van der Waals surface area contributed by atoms with Gasteiger partial charge in [0.05, 0.1) is 17.7 Å². The molecule has 3 heterocycles. The molecule has 8 nitrogen and oxygen atoms in total. The van der Waals surface area contributed by atoms with Crippen LogP contribution in [0, 0.1) is 5.92 Å². The van der Waals surface area contributed by atoms with Gasteiger partial charge in [0.1, 0.15) is 11.8 Å². The first-order valence-corrected chi connectivity index (χ1v) is 9.24. The standard InChI is InChI=1S/C19H21N3O5/c23-16-4-3-15(17(24)21-16)22-18(25)13-2-1-12(9-14(13)19(22)26)27-10-11-5-7-20-8-6-11/h1-2,9,11,15,20H,3-8,10H2,(H,21,23,24). The molecule has 1 atom stereocenters. The number of carbonyl (C=O) groups is 4. The number of hydrogen-bond acceptors (Lipinski definition) is 6. The average Bonchev–Trinajstić information content (AvgIpc) is 2.92. The van der Waals surface area contributed by atoms with Crippen LogP contribution in [0.5, 0.6) is 5.75 Å². The van der Waals surface area contributed by atoms with Crippen molar-refractivity contribution in [1.29, 1.82) is 0 Å². The summed E-state index contributed by atoms with van der Waals surface area (Å²) in [7, 11) is 0. The first-order valence-electron chi connectivity index (χ1n) is 9.24. The van der Waals surface area contributed by atoms with Crippen molar-refractivity contribution in [3.05, 3.63) is 29.3 Å². The molecule has 2 fully saturated rings. The normalized spacial score (nSPS) is 23.4. The van der Waals surface area contributed by atoms with Gasteiger partial charge in [-0.25, -0.2) is 0 Å². The van der Waals surface area contributed by atoms with Crippen LogP contribution < -0.4 is 15.4 Å². The topological polar surface area (TPSA) is 105 Å². The Morgan fingerprint density at radius 1 is 1.00 bits per heavy atom. The van der Waals surface area contributed by atoms with E-state index in [0.717, 1.165) is 30.8 Å². The van der Waals surface area contributed by atoms with Crippen LogP contribution >= 0.6 is 0 Å². The zero-order chi connectivity index (χ0) is 19.0. The van der Waals surface area contributed by atoms with Crippen molar-refractivity contribution in [3.63, 3.8) is 0 Å². The van der Waals surface area contributed by atoms with Crippen LogP contribution in [-0.2, 0) is 9.59 Å². The molecule has 2 N–H and O–H groups in total. The Bertz CT molecular complexity index is 816. The van der Waals surface area contributed by atoms with Crippen LogP contribution in [0.25, 0.3) is 0 Å². The molecule has 1 unspecified atom stereocenters. The number of hydrogen-bond donors (Lipinski definition) is 2. The van der Waals surface area contributed by atoms with Crippen molar-refractivity contribution in [2.24, 2.45) is 5.92 Å². The summed E-state index contributed by atoms with van der Waals surface area (Å²) in [6, 6.07) is 3.87. The van der Waals surface area contributed by atoms with Gasteiger partial charge in [-0.15, -0.1) is 0 Å². The highest BCUT2D eigenvalue weighted by atomic mass is 16.5. The molecule has 0 radical (unpaired) electrons. The monoisotopic (exact) mass is 371 g/mol. The second kappa shape index (κ2) is 7.11. The highest BCUT2D eigenvalue weighted by molar-refractivity contribution is 6.23. The predicted molar refractivity (Wildman–Crippen MR) is 94.2 cm³/mol. The molecule has 27 heavy (non-hydrogen) atoms.